The Kier molecular flexibility index (Phi) is 6.03. The van der Waals surface area contributed by atoms with Gasteiger partial charge in [-0.05, 0) is 24.3 Å². The molecule has 6 nitrogen and oxygen atoms in total. The molecule has 18 heavy (non-hydrogen) atoms. The van der Waals surface area contributed by atoms with E-state index in [1.165, 1.54) is 0 Å². The van der Waals surface area contributed by atoms with Gasteiger partial charge in [-0.2, -0.15) is 12.6 Å². The number of aliphatic hydroxyl groups excluding tert-OH is 1. The Morgan fingerprint density at radius 3 is 2.50 bits per heavy atom. The molecule has 0 radical (unpaired) electrons. The maximum absolute atomic E-state index is 11.5. The molecule has 2 amide bonds. The predicted molar refractivity (Wildman–Crippen MR) is 72.4 cm³/mol. The van der Waals surface area contributed by atoms with Gasteiger partial charge in [0.25, 0.3) is 0 Å². The second kappa shape index (κ2) is 7.57. The molecule has 0 spiro atoms. The molecule has 0 bridgehead atoms. The number of nitrogens with one attached hydrogen (secondary N) is 3. The number of hydrazine groups is 1. The zero-order chi connectivity index (χ0) is 13.4. The fraction of sp³-hybridized carbons (Fsp3) is 0.273. The number of amides is 2. The van der Waals surface area contributed by atoms with E-state index in [2.05, 4.69) is 28.8 Å². The largest absolute Gasteiger partial charge is 0.395 e. The average molecular weight is 269 g/mol. The molecule has 0 saturated heterocycles. The van der Waals surface area contributed by atoms with Crippen molar-refractivity contribution in [3.8, 4) is 0 Å². The molecule has 0 aliphatic heterocycles. The Balaban J connectivity index is 2.47. The Morgan fingerprint density at radius 2 is 1.94 bits per heavy atom. The number of hydrogen-bond donors (Lipinski definition) is 5. The van der Waals surface area contributed by atoms with Crippen LogP contribution in [0.2, 0.25) is 0 Å². The number of thiol groups is 1. The molecule has 1 rings (SSSR count). The average Bonchev–Trinajstić information content (AvgIpc) is 2.37. The van der Waals surface area contributed by atoms with Gasteiger partial charge in [0.1, 0.15) is 0 Å². The number of carbonyl (C=O) groups excluding carboxylic acids is 2. The molecule has 0 aromatic heterocycles. The van der Waals surface area contributed by atoms with E-state index < -0.39 is 0 Å². The first kappa shape index (κ1) is 14.3. The first-order valence-electron chi connectivity index (χ1n) is 5.29. The van der Waals surface area contributed by atoms with Crippen molar-refractivity contribution in [2.45, 2.75) is 11.7 Å². The number of aliphatic hydroxyl groups is 1. The van der Waals surface area contributed by atoms with E-state index in [1.807, 2.05) is 0 Å². The van der Waals surface area contributed by atoms with Crippen LogP contribution in [0.1, 0.15) is 6.42 Å². The summed E-state index contributed by atoms with van der Waals surface area (Å²) in [6, 6.07) is 6.80. The quantitative estimate of drug-likeness (QED) is 0.281. The minimum atomic E-state index is -0.359. The van der Waals surface area contributed by atoms with Gasteiger partial charge >= 0.3 is 0 Å². The Labute approximate surface area is 110 Å². The Bertz CT molecular complexity index is 397. The highest BCUT2D eigenvalue weighted by molar-refractivity contribution is 7.81. The van der Waals surface area contributed by atoms with Crippen molar-refractivity contribution < 1.29 is 14.7 Å². The number of hydrogen-bond acceptors (Lipinski definition) is 5. The summed E-state index contributed by atoms with van der Waals surface area (Å²) in [6.07, 6.45) is 0.670. The van der Waals surface area contributed by atoms with E-state index in [4.69, 9.17) is 5.11 Å². The molecule has 0 aliphatic carbocycles. The molecule has 1 aromatic rings. The highest BCUT2D eigenvalue weighted by atomic mass is 32.1. The summed E-state index contributed by atoms with van der Waals surface area (Å²) in [5, 5.41) is 11.1. The van der Waals surface area contributed by atoms with Crippen LogP contribution in [0.15, 0.2) is 24.3 Å². The third-order valence-corrected chi connectivity index (χ3v) is 2.42. The second-order valence-corrected chi connectivity index (χ2v) is 4.28. The lowest BCUT2D eigenvalue weighted by Gasteiger charge is -2.09. The lowest BCUT2D eigenvalue weighted by molar-refractivity contribution is -0.116. The second-order valence-electron chi connectivity index (χ2n) is 3.55. The minimum absolute atomic E-state index is 0.142. The highest BCUT2D eigenvalue weighted by Crippen LogP contribution is 2.13. The SMILES string of the molecule is O=CNNc1ccc(NC(=O)CC(S)CO)cc1. The van der Waals surface area contributed by atoms with E-state index in [0.717, 1.165) is 0 Å². The Hall–Kier alpha value is -1.73. The van der Waals surface area contributed by atoms with Gasteiger partial charge in [0.05, 0.1) is 12.3 Å². The molecule has 0 fully saturated rings. The van der Waals surface area contributed by atoms with Gasteiger partial charge in [0.2, 0.25) is 12.3 Å². The molecule has 4 N–H and O–H groups in total. The zero-order valence-electron chi connectivity index (χ0n) is 9.59. The van der Waals surface area contributed by atoms with Crippen LogP contribution in [0.25, 0.3) is 0 Å². The maximum Gasteiger partial charge on any atom is 0.225 e. The standard InChI is InChI=1S/C11H15N3O3S/c15-6-10(18)5-11(17)13-8-1-3-9(4-2-8)14-12-7-16/h1-4,7,10,14-15,18H,5-6H2,(H,12,16)(H,13,17). The lowest BCUT2D eigenvalue weighted by Crippen LogP contribution is -2.19. The van der Waals surface area contributed by atoms with E-state index in [9.17, 15) is 9.59 Å². The van der Waals surface area contributed by atoms with Crippen molar-refractivity contribution in [1.82, 2.24) is 5.43 Å². The number of benzene rings is 1. The summed E-state index contributed by atoms with van der Waals surface area (Å²) in [4.78, 5) is 21.6. The molecular weight excluding hydrogens is 254 g/mol. The van der Waals surface area contributed by atoms with Crippen LogP contribution in [0.5, 0.6) is 0 Å². The molecule has 1 unspecified atom stereocenters. The molecule has 1 atom stereocenters. The van der Waals surface area contributed by atoms with Crippen molar-refractivity contribution in [3.63, 3.8) is 0 Å². The van der Waals surface area contributed by atoms with Gasteiger partial charge in [-0.15, -0.1) is 0 Å². The first-order valence-corrected chi connectivity index (χ1v) is 5.81. The van der Waals surface area contributed by atoms with Crippen molar-refractivity contribution in [2.75, 3.05) is 17.3 Å². The van der Waals surface area contributed by atoms with E-state index in [1.54, 1.807) is 24.3 Å². The minimum Gasteiger partial charge on any atom is -0.395 e. The van der Waals surface area contributed by atoms with Crippen molar-refractivity contribution in [1.29, 1.82) is 0 Å². The monoisotopic (exact) mass is 269 g/mol. The van der Waals surface area contributed by atoms with Gasteiger partial charge in [-0.1, -0.05) is 0 Å². The third-order valence-electron chi connectivity index (χ3n) is 2.08. The van der Waals surface area contributed by atoms with E-state index in [0.29, 0.717) is 17.8 Å². The van der Waals surface area contributed by atoms with Gasteiger partial charge in [0.15, 0.2) is 0 Å². The van der Waals surface area contributed by atoms with Crippen LogP contribution in [-0.4, -0.2) is 29.3 Å². The topological polar surface area (TPSA) is 90.5 Å². The summed E-state index contributed by atoms with van der Waals surface area (Å²) < 4.78 is 0. The third kappa shape index (κ3) is 5.07. The fourth-order valence-corrected chi connectivity index (χ4v) is 1.41. The van der Waals surface area contributed by atoms with E-state index in [-0.39, 0.29) is 24.2 Å². The molecule has 0 heterocycles. The van der Waals surface area contributed by atoms with Crippen LogP contribution in [-0.2, 0) is 9.59 Å². The summed E-state index contributed by atoms with van der Waals surface area (Å²) in [5.41, 5.74) is 6.27. The molecule has 0 aliphatic rings. The zero-order valence-corrected chi connectivity index (χ0v) is 10.5. The number of carbonyl (C=O) groups is 2. The van der Waals surface area contributed by atoms with Crippen molar-refractivity contribution in [2.24, 2.45) is 0 Å². The van der Waals surface area contributed by atoms with Crippen LogP contribution < -0.4 is 16.2 Å². The van der Waals surface area contributed by atoms with Gasteiger partial charge in [-0.3, -0.25) is 20.4 Å². The van der Waals surface area contributed by atoms with Gasteiger partial charge < -0.3 is 10.4 Å². The van der Waals surface area contributed by atoms with E-state index >= 15 is 0 Å². The first-order chi connectivity index (χ1) is 8.65. The van der Waals surface area contributed by atoms with Crippen LogP contribution in [0.3, 0.4) is 0 Å². The lowest BCUT2D eigenvalue weighted by atomic mass is 10.2. The highest BCUT2D eigenvalue weighted by Gasteiger charge is 2.08. The van der Waals surface area contributed by atoms with Crippen LogP contribution in [0.4, 0.5) is 11.4 Å². The molecule has 1 aromatic carbocycles. The Morgan fingerprint density at radius 1 is 1.33 bits per heavy atom. The summed E-state index contributed by atoms with van der Waals surface area (Å²) in [6.45, 7) is -0.142. The molecule has 98 valence electrons. The molecular formula is C11H15N3O3S. The van der Waals surface area contributed by atoms with Gasteiger partial charge in [-0.25, -0.2) is 0 Å². The summed E-state index contributed by atoms with van der Waals surface area (Å²) in [7, 11) is 0. The number of rotatable bonds is 7. The fourth-order valence-electron chi connectivity index (χ4n) is 1.24. The normalized spacial score (nSPS) is 11.4. The van der Waals surface area contributed by atoms with Crippen LogP contribution >= 0.6 is 12.6 Å². The maximum atomic E-state index is 11.5. The summed E-state index contributed by atoms with van der Waals surface area (Å²) in [5.74, 6) is -0.212. The van der Waals surface area contributed by atoms with Crippen molar-refractivity contribution in [3.05, 3.63) is 24.3 Å². The summed E-state index contributed by atoms with van der Waals surface area (Å²) >= 11 is 4.03. The predicted octanol–water partition coefficient (Wildman–Crippen LogP) is 0.379. The van der Waals surface area contributed by atoms with Gasteiger partial charge in [0, 0.05) is 17.4 Å². The smallest absolute Gasteiger partial charge is 0.225 e. The molecule has 0 saturated carbocycles. The molecule has 7 heteroatoms. The number of anilines is 2. The van der Waals surface area contributed by atoms with Crippen molar-refractivity contribution >= 4 is 36.3 Å². The van der Waals surface area contributed by atoms with Crippen LogP contribution in [0, 0.1) is 0 Å².